The molecule has 2 aromatic rings. The van der Waals surface area contributed by atoms with Crippen molar-refractivity contribution in [3.8, 4) is 11.3 Å². The summed E-state index contributed by atoms with van der Waals surface area (Å²) >= 11 is 0. The standard InChI is InChI=1S/C14H16N4O3/c1-2-8-15-11(19)9-18-13(10-6-4-3-5-7-10)12(14(20)21)16-17-18/h3-7H,2,8-9H2,1H3,(H,15,19)(H,20,21). The minimum absolute atomic E-state index is 0.0650. The Bertz CT molecular complexity index is 637. The number of aromatic carboxylic acids is 1. The SMILES string of the molecule is CCCNC(=O)Cn1nnc(C(=O)O)c1-c1ccccc1. The van der Waals surface area contributed by atoms with Crippen molar-refractivity contribution in [3.05, 3.63) is 36.0 Å². The third-order valence-electron chi connectivity index (χ3n) is 2.85. The van der Waals surface area contributed by atoms with Crippen molar-refractivity contribution in [2.24, 2.45) is 0 Å². The number of amides is 1. The van der Waals surface area contributed by atoms with Crippen LogP contribution < -0.4 is 5.32 Å². The highest BCUT2D eigenvalue weighted by atomic mass is 16.4. The van der Waals surface area contributed by atoms with E-state index in [1.54, 1.807) is 24.3 Å². The van der Waals surface area contributed by atoms with Gasteiger partial charge in [0.25, 0.3) is 0 Å². The number of carbonyl (C=O) groups is 2. The molecule has 110 valence electrons. The number of rotatable bonds is 6. The van der Waals surface area contributed by atoms with Gasteiger partial charge in [-0.15, -0.1) is 5.10 Å². The van der Waals surface area contributed by atoms with Crippen molar-refractivity contribution < 1.29 is 14.7 Å². The van der Waals surface area contributed by atoms with Crippen molar-refractivity contribution in [2.45, 2.75) is 19.9 Å². The van der Waals surface area contributed by atoms with Crippen LogP contribution in [0.4, 0.5) is 0 Å². The van der Waals surface area contributed by atoms with Crippen LogP contribution in [-0.4, -0.2) is 38.5 Å². The highest BCUT2D eigenvalue weighted by Gasteiger charge is 2.21. The Morgan fingerprint density at radius 1 is 1.29 bits per heavy atom. The molecule has 2 rings (SSSR count). The Hall–Kier alpha value is -2.70. The van der Waals surface area contributed by atoms with E-state index in [2.05, 4.69) is 15.6 Å². The zero-order chi connectivity index (χ0) is 15.2. The summed E-state index contributed by atoms with van der Waals surface area (Å²) in [4.78, 5) is 23.0. The van der Waals surface area contributed by atoms with Crippen LogP contribution in [0.15, 0.2) is 30.3 Å². The van der Waals surface area contributed by atoms with E-state index >= 15 is 0 Å². The van der Waals surface area contributed by atoms with Gasteiger partial charge < -0.3 is 10.4 Å². The molecular weight excluding hydrogens is 272 g/mol. The molecule has 1 heterocycles. The first-order valence-electron chi connectivity index (χ1n) is 6.62. The van der Waals surface area contributed by atoms with E-state index in [4.69, 9.17) is 0 Å². The van der Waals surface area contributed by atoms with Gasteiger partial charge in [-0.05, 0) is 6.42 Å². The van der Waals surface area contributed by atoms with Crippen LogP contribution >= 0.6 is 0 Å². The fourth-order valence-electron chi connectivity index (χ4n) is 1.91. The van der Waals surface area contributed by atoms with Gasteiger partial charge in [-0.25, -0.2) is 9.48 Å². The van der Waals surface area contributed by atoms with Crippen LogP contribution in [0.3, 0.4) is 0 Å². The molecule has 0 aliphatic heterocycles. The molecular formula is C14H16N4O3. The number of nitrogens with one attached hydrogen (secondary N) is 1. The van der Waals surface area contributed by atoms with E-state index in [1.165, 1.54) is 4.68 Å². The monoisotopic (exact) mass is 288 g/mol. The van der Waals surface area contributed by atoms with Gasteiger partial charge in [0, 0.05) is 12.1 Å². The van der Waals surface area contributed by atoms with Gasteiger partial charge in [-0.3, -0.25) is 4.79 Å². The lowest BCUT2D eigenvalue weighted by atomic mass is 10.1. The van der Waals surface area contributed by atoms with Crippen molar-refractivity contribution in [1.29, 1.82) is 0 Å². The fourth-order valence-corrected chi connectivity index (χ4v) is 1.91. The predicted molar refractivity (Wildman–Crippen MR) is 75.7 cm³/mol. The van der Waals surface area contributed by atoms with E-state index < -0.39 is 5.97 Å². The molecule has 1 amide bonds. The molecule has 0 saturated carbocycles. The Morgan fingerprint density at radius 3 is 2.62 bits per heavy atom. The molecule has 7 heteroatoms. The van der Waals surface area contributed by atoms with E-state index in [0.29, 0.717) is 17.8 Å². The van der Waals surface area contributed by atoms with Gasteiger partial charge in [-0.1, -0.05) is 42.5 Å². The lowest BCUT2D eigenvalue weighted by molar-refractivity contribution is -0.121. The third-order valence-corrected chi connectivity index (χ3v) is 2.85. The van der Waals surface area contributed by atoms with Crippen molar-refractivity contribution in [1.82, 2.24) is 20.3 Å². The minimum Gasteiger partial charge on any atom is -0.476 e. The average molecular weight is 288 g/mol. The predicted octanol–water partition coefficient (Wildman–Crippen LogP) is 1.17. The number of hydrogen-bond acceptors (Lipinski definition) is 4. The van der Waals surface area contributed by atoms with Crippen LogP contribution in [-0.2, 0) is 11.3 Å². The molecule has 0 atom stereocenters. The maximum Gasteiger partial charge on any atom is 0.358 e. The van der Waals surface area contributed by atoms with E-state index in [1.807, 2.05) is 13.0 Å². The average Bonchev–Trinajstić information content (AvgIpc) is 2.89. The van der Waals surface area contributed by atoms with E-state index in [9.17, 15) is 14.7 Å². The second kappa shape index (κ2) is 6.65. The largest absolute Gasteiger partial charge is 0.476 e. The normalized spacial score (nSPS) is 10.3. The number of benzene rings is 1. The molecule has 0 saturated heterocycles. The summed E-state index contributed by atoms with van der Waals surface area (Å²) in [6, 6.07) is 8.91. The van der Waals surface area contributed by atoms with Gasteiger partial charge in [0.1, 0.15) is 12.2 Å². The second-order valence-electron chi connectivity index (χ2n) is 4.47. The Morgan fingerprint density at radius 2 is 2.00 bits per heavy atom. The molecule has 21 heavy (non-hydrogen) atoms. The molecule has 0 fully saturated rings. The molecule has 2 N–H and O–H groups in total. The summed E-state index contributed by atoms with van der Waals surface area (Å²) in [6.45, 7) is 2.46. The molecule has 7 nitrogen and oxygen atoms in total. The smallest absolute Gasteiger partial charge is 0.358 e. The van der Waals surface area contributed by atoms with Gasteiger partial charge in [0.2, 0.25) is 5.91 Å². The number of carboxylic acid groups (broad SMARTS) is 1. The zero-order valence-corrected chi connectivity index (χ0v) is 11.6. The number of carboxylic acids is 1. The lowest BCUT2D eigenvalue weighted by Gasteiger charge is -2.07. The first kappa shape index (κ1) is 14.7. The Kier molecular flexibility index (Phi) is 4.65. The maximum absolute atomic E-state index is 11.8. The molecule has 0 spiro atoms. The number of carbonyl (C=O) groups excluding carboxylic acids is 1. The van der Waals surface area contributed by atoms with Crippen LogP contribution in [0.25, 0.3) is 11.3 Å². The zero-order valence-electron chi connectivity index (χ0n) is 11.6. The highest BCUT2D eigenvalue weighted by Crippen LogP contribution is 2.21. The van der Waals surface area contributed by atoms with Crippen LogP contribution in [0.5, 0.6) is 0 Å². The maximum atomic E-state index is 11.8. The molecule has 1 aromatic heterocycles. The van der Waals surface area contributed by atoms with E-state index in [0.717, 1.165) is 6.42 Å². The van der Waals surface area contributed by atoms with Crippen LogP contribution in [0.2, 0.25) is 0 Å². The number of aromatic nitrogens is 3. The Balaban J connectivity index is 2.34. The summed E-state index contributed by atoms with van der Waals surface area (Å²) in [7, 11) is 0. The third kappa shape index (κ3) is 3.44. The summed E-state index contributed by atoms with van der Waals surface area (Å²) in [5, 5.41) is 19.4. The van der Waals surface area contributed by atoms with Crippen molar-refractivity contribution in [2.75, 3.05) is 6.54 Å². The summed E-state index contributed by atoms with van der Waals surface area (Å²) in [6.07, 6.45) is 0.828. The molecule has 0 aliphatic rings. The van der Waals surface area contributed by atoms with E-state index in [-0.39, 0.29) is 18.1 Å². The van der Waals surface area contributed by atoms with Crippen LogP contribution in [0, 0.1) is 0 Å². The first-order valence-corrected chi connectivity index (χ1v) is 6.62. The van der Waals surface area contributed by atoms with Gasteiger partial charge in [0.15, 0.2) is 5.69 Å². The quantitative estimate of drug-likeness (QED) is 0.831. The first-order chi connectivity index (χ1) is 10.1. The van der Waals surface area contributed by atoms with Crippen LogP contribution in [0.1, 0.15) is 23.8 Å². The molecule has 1 aromatic carbocycles. The summed E-state index contributed by atoms with van der Waals surface area (Å²) in [5.41, 5.74) is 0.822. The number of hydrogen-bond donors (Lipinski definition) is 2. The second-order valence-corrected chi connectivity index (χ2v) is 4.47. The van der Waals surface area contributed by atoms with Gasteiger partial charge in [-0.2, -0.15) is 0 Å². The lowest BCUT2D eigenvalue weighted by Crippen LogP contribution is -2.28. The molecule has 0 radical (unpaired) electrons. The molecule has 0 bridgehead atoms. The topological polar surface area (TPSA) is 97.1 Å². The molecule has 0 unspecified atom stereocenters. The van der Waals surface area contributed by atoms with Gasteiger partial charge >= 0.3 is 5.97 Å². The highest BCUT2D eigenvalue weighted by molar-refractivity contribution is 5.93. The Labute approximate surface area is 121 Å². The van der Waals surface area contributed by atoms with Crippen molar-refractivity contribution >= 4 is 11.9 Å². The summed E-state index contributed by atoms with van der Waals surface area (Å²) < 4.78 is 1.31. The minimum atomic E-state index is -1.17. The molecule has 0 aliphatic carbocycles. The van der Waals surface area contributed by atoms with Gasteiger partial charge in [0.05, 0.1) is 0 Å². The fraction of sp³-hybridized carbons (Fsp3) is 0.286. The number of nitrogens with zero attached hydrogens (tertiary/aromatic N) is 3. The summed E-state index contributed by atoms with van der Waals surface area (Å²) in [5.74, 6) is -1.40. The van der Waals surface area contributed by atoms with Crippen molar-refractivity contribution in [3.63, 3.8) is 0 Å².